The van der Waals surface area contributed by atoms with Gasteiger partial charge in [-0.25, -0.2) is 0 Å². The van der Waals surface area contributed by atoms with Gasteiger partial charge in [-0.15, -0.1) is 0 Å². The predicted octanol–water partition coefficient (Wildman–Crippen LogP) is 3.38. The van der Waals surface area contributed by atoms with Crippen molar-refractivity contribution < 1.29 is 0 Å². The zero-order chi connectivity index (χ0) is 16.5. The van der Waals surface area contributed by atoms with Gasteiger partial charge in [0.2, 0.25) is 5.96 Å². The average molecular weight is 300 g/mol. The summed E-state index contributed by atoms with van der Waals surface area (Å²) in [5, 5.41) is 0. The fourth-order valence-electron chi connectivity index (χ4n) is 1.81. The van der Waals surface area contributed by atoms with E-state index in [-0.39, 0.29) is 11.9 Å². The van der Waals surface area contributed by atoms with Crippen LogP contribution in [0.1, 0.15) is 79.1 Å². The summed E-state index contributed by atoms with van der Waals surface area (Å²) in [6.45, 7) is 9.51. The van der Waals surface area contributed by atoms with Crippen LogP contribution in [0.15, 0.2) is 9.98 Å². The molecular formula is C16H37N5. The lowest BCUT2D eigenvalue weighted by Crippen LogP contribution is -2.26. The molecular weight excluding hydrogens is 262 g/mol. The molecule has 0 heterocycles. The number of nitrogens with zero attached hydrogens (tertiary/aromatic N) is 2. The molecule has 0 radical (unpaired) electrons. The molecule has 0 bridgehead atoms. The molecule has 6 N–H and O–H groups in total. The standard InChI is InChI=1S/C10H23N5.C6H14/c1-3-5-6-8(4-2)7-14-10(13)15-9(11)12;1-3-5-6-4-2/h8H,3-7H2,1-2H3,(H6,11,12,13,14,15);3-6H2,1-2H3. The summed E-state index contributed by atoms with van der Waals surface area (Å²) < 4.78 is 0. The van der Waals surface area contributed by atoms with Crippen LogP contribution < -0.4 is 17.2 Å². The van der Waals surface area contributed by atoms with Crippen LogP contribution in [-0.4, -0.2) is 18.5 Å². The van der Waals surface area contributed by atoms with E-state index >= 15 is 0 Å². The molecule has 0 saturated carbocycles. The van der Waals surface area contributed by atoms with E-state index in [9.17, 15) is 0 Å². The summed E-state index contributed by atoms with van der Waals surface area (Å²) in [4.78, 5) is 7.80. The number of guanidine groups is 2. The van der Waals surface area contributed by atoms with Gasteiger partial charge in [0.15, 0.2) is 5.96 Å². The Hall–Kier alpha value is -1.26. The Kier molecular flexibility index (Phi) is 17.6. The van der Waals surface area contributed by atoms with Crippen LogP contribution >= 0.6 is 0 Å². The van der Waals surface area contributed by atoms with Crippen molar-refractivity contribution in [3.05, 3.63) is 0 Å². The molecule has 21 heavy (non-hydrogen) atoms. The van der Waals surface area contributed by atoms with Crippen LogP contribution in [-0.2, 0) is 0 Å². The van der Waals surface area contributed by atoms with Crippen molar-refractivity contribution in [1.82, 2.24) is 0 Å². The highest BCUT2D eigenvalue weighted by atomic mass is 15.1. The lowest BCUT2D eigenvalue weighted by atomic mass is 10.00. The molecule has 126 valence electrons. The molecule has 0 aliphatic heterocycles. The van der Waals surface area contributed by atoms with Gasteiger partial charge in [-0.3, -0.25) is 4.99 Å². The van der Waals surface area contributed by atoms with Gasteiger partial charge in [-0.2, -0.15) is 4.99 Å². The van der Waals surface area contributed by atoms with Crippen molar-refractivity contribution in [2.75, 3.05) is 6.54 Å². The van der Waals surface area contributed by atoms with Crippen LogP contribution in [0.3, 0.4) is 0 Å². The zero-order valence-electron chi connectivity index (χ0n) is 14.6. The quantitative estimate of drug-likeness (QED) is 0.345. The topological polar surface area (TPSA) is 103 Å². The lowest BCUT2D eigenvalue weighted by molar-refractivity contribution is 0.462. The van der Waals surface area contributed by atoms with E-state index in [0.717, 1.165) is 6.42 Å². The average Bonchev–Trinajstić information content (AvgIpc) is 2.45. The van der Waals surface area contributed by atoms with E-state index in [2.05, 4.69) is 37.7 Å². The Labute approximate surface area is 131 Å². The number of hydrogen-bond donors (Lipinski definition) is 3. The smallest absolute Gasteiger partial charge is 0.218 e. The molecule has 0 amide bonds. The highest BCUT2D eigenvalue weighted by Crippen LogP contribution is 2.12. The SMILES string of the molecule is CCCCC(CC)C/N=C(/N)N=C(N)N.CCCCCC. The summed E-state index contributed by atoms with van der Waals surface area (Å²) in [6, 6.07) is 0. The molecule has 0 aliphatic rings. The fourth-order valence-corrected chi connectivity index (χ4v) is 1.81. The number of nitrogens with two attached hydrogens (primary N) is 3. The molecule has 0 spiro atoms. The summed E-state index contributed by atoms with van der Waals surface area (Å²) in [5.41, 5.74) is 15.9. The van der Waals surface area contributed by atoms with Crippen LogP contribution in [0.5, 0.6) is 0 Å². The first-order chi connectivity index (χ1) is 10.0. The van der Waals surface area contributed by atoms with Gasteiger partial charge in [-0.05, 0) is 12.3 Å². The van der Waals surface area contributed by atoms with Gasteiger partial charge >= 0.3 is 0 Å². The second kappa shape index (κ2) is 16.8. The van der Waals surface area contributed by atoms with E-state index < -0.39 is 0 Å². The van der Waals surface area contributed by atoms with Crippen LogP contribution in [0.2, 0.25) is 0 Å². The highest BCUT2D eigenvalue weighted by Gasteiger charge is 2.04. The van der Waals surface area contributed by atoms with Crippen LogP contribution in [0, 0.1) is 5.92 Å². The first-order valence-electron chi connectivity index (χ1n) is 8.41. The van der Waals surface area contributed by atoms with Crippen molar-refractivity contribution in [3.8, 4) is 0 Å². The maximum absolute atomic E-state index is 5.51. The number of unbranched alkanes of at least 4 members (excludes halogenated alkanes) is 4. The molecule has 0 aliphatic carbocycles. The van der Waals surface area contributed by atoms with E-state index in [1.165, 1.54) is 44.9 Å². The van der Waals surface area contributed by atoms with Crippen molar-refractivity contribution in [3.63, 3.8) is 0 Å². The van der Waals surface area contributed by atoms with E-state index in [0.29, 0.717) is 12.5 Å². The predicted molar refractivity (Wildman–Crippen MR) is 95.4 cm³/mol. The Balaban J connectivity index is 0. The van der Waals surface area contributed by atoms with Crippen LogP contribution in [0.4, 0.5) is 0 Å². The van der Waals surface area contributed by atoms with E-state index in [4.69, 9.17) is 17.2 Å². The summed E-state index contributed by atoms with van der Waals surface area (Å²) in [6.07, 6.45) is 10.3. The second-order valence-corrected chi connectivity index (χ2v) is 5.36. The van der Waals surface area contributed by atoms with Gasteiger partial charge in [0, 0.05) is 6.54 Å². The van der Waals surface area contributed by atoms with E-state index in [1.54, 1.807) is 0 Å². The Bertz CT molecular complexity index is 266. The van der Waals surface area contributed by atoms with Gasteiger partial charge in [0.25, 0.3) is 0 Å². The monoisotopic (exact) mass is 299 g/mol. The van der Waals surface area contributed by atoms with Crippen LogP contribution in [0.25, 0.3) is 0 Å². The maximum atomic E-state index is 5.51. The number of hydrogen-bond acceptors (Lipinski definition) is 1. The Morgan fingerprint density at radius 2 is 1.38 bits per heavy atom. The number of aliphatic imine (C=N–C) groups is 2. The first kappa shape index (κ1) is 22.0. The summed E-state index contributed by atoms with van der Waals surface area (Å²) >= 11 is 0. The molecule has 0 rings (SSSR count). The minimum Gasteiger partial charge on any atom is -0.370 e. The molecule has 0 aromatic carbocycles. The van der Waals surface area contributed by atoms with Gasteiger partial charge in [0.1, 0.15) is 0 Å². The first-order valence-corrected chi connectivity index (χ1v) is 8.41. The Morgan fingerprint density at radius 1 is 0.857 bits per heavy atom. The van der Waals surface area contributed by atoms with Crippen molar-refractivity contribution >= 4 is 11.9 Å². The zero-order valence-corrected chi connectivity index (χ0v) is 14.6. The molecule has 5 heteroatoms. The Morgan fingerprint density at radius 3 is 1.76 bits per heavy atom. The summed E-state index contributed by atoms with van der Waals surface area (Å²) in [5.74, 6) is 0.709. The largest absolute Gasteiger partial charge is 0.370 e. The van der Waals surface area contributed by atoms with Crippen molar-refractivity contribution in [1.29, 1.82) is 0 Å². The fraction of sp³-hybridized carbons (Fsp3) is 0.875. The third-order valence-corrected chi connectivity index (χ3v) is 3.26. The van der Waals surface area contributed by atoms with Gasteiger partial charge in [0.05, 0.1) is 0 Å². The second-order valence-electron chi connectivity index (χ2n) is 5.36. The normalized spacial score (nSPS) is 12.3. The van der Waals surface area contributed by atoms with E-state index in [1.807, 2.05) is 0 Å². The van der Waals surface area contributed by atoms with Crippen molar-refractivity contribution in [2.24, 2.45) is 33.1 Å². The molecule has 1 atom stereocenters. The molecule has 1 unspecified atom stereocenters. The third-order valence-electron chi connectivity index (χ3n) is 3.26. The minimum atomic E-state index is -0.0437. The molecule has 0 saturated heterocycles. The highest BCUT2D eigenvalue weighted by molar-refractivity contribution is 5.92. The summed E-state index contributed by atoms with van der Waals surface area (Å²) in [7, 11) is 0. The van der Waals surface area contributed by atoms with Crippen molar-refractivity contribution in [2.45, 2.75) is 79.1 Å². The molecule has 0 aromatic rings. The van der Waals surface area contributed by atoms with Gasteiger partial charge in [-0.1, -0.05) is 72.6 Å². The van der Waals surface area contributed by atoms with Gasteiger partial charge < -0.3 is 17.2 Å². The number of rotatable bonds is 9. The maximum Gasteiger partial charge on any atom is 0.218 e. The molecule has 5 nitrogen and oxygen atoms in total. The lowest BCUT2D eigenvalue weighted by Gasteiger charge is -2.10. The minimum absolute atomic E-state index is 0.0437. The third kappa shape index (κ3) is 18.7. The molecule has 0 fully saturated rings. The molecule has 0 aromatic heterocycles.